The molecule has 78 valence electrons. The molecular weight excluding hydrogens is 186 g/mol. The number of aldehydes is 1. The van der Waals surface area contributed by atoms with E-state index in [1.54, 1.807) is 0 Å². The maximum Gasteiger partial charge on any atom is 0.125 e. The summed E-state index contributed by atoms with van der Waals surface area (Å²) in [6, 6.07) is 8.51. The standard InChI is InChI=1S/C13H15NO/c1-3-14-12(6-7-15)9-11-8-10(2)4-5-13(11)14/h4-5,7-9H,3,6H2,1-2H3. The van der Waals surface area contributed by atoms with Gasteiger partial charge in [0.25, 0.3) is 0 Å². The molecule has 0 aliphatic heterocycles. The monoisotopic (exact) mass is 201 g/mol. The highest BCUT2D eigenvalue weighted by Crippen LogP contribution is 2.21. The van der Waals surface area contributed by atoms with Gasteiger partial charge in [-0.3, -0.25) is 0 Å². The van der Waals surface area contributed by atoms with Crippen LogP contribution in [-0.2, 0) is 17.8 Å². The van der Waals surface area contributed by atoms with E-state index >= 15 is 0 Å². The molecule has 2 aromatic rings. The summed E-state index contributed by atoms with van der Waals surface area (Å²) in [6.07, 6.45) is 1.47. The van der Waals surface area contributed by atoms with Gasteiger partial charge in [0.1, 0.15) is 6.29 Å². The molecule has 0 saturated heterocycles. The van der Waals surface area contributed by atoms with E-state index in [1.165, 1.54) is 16.5 Å². The molecule has 0 N–H and O–H groups in total. The van der Waals surface area contributed by atoms with Gasteiger partial charge in [-0.25, -0.2) is 0 Å². The van der Waals surface area contributed by atoms with Crippen LogP contribution in [-0.4, -0.2) is 10.9 Å². The number of hydrogen-bond donors (Lipinski definition) is 0. The molecule has 0 amide bonds. The molecule has 0 radical (unpaired) electrons. The summed E-state index contributed by atoms with van der Waals surface area (Å²) in [4.78, 5) is 10.6. The van der Waals surface area contributed by atoms with Crippen LogP contribution in [0.4, 0.5) is 0 Å². The maximum absolute atomic E-state index is 10.6. The molecule has 15 heavy (non-hydrogen) atoms. The predicted molar refractivity (Wildman–Crippen MR) is 62.1 cm³/mol. The lowest BCUT2D eigenvalue weighted by molar-refractivity contribution is -0.107. The number of hydrogen-bond acceptors (Lipinski definition) is 1. The zero-order chi connectivity index (χ0) is 10.8. The van der Waals surface area contributed by atoms with Crippen molar-refractivity contribution in [1.29, 1.82) is 0 Å². The molecule has 1 heterocycles. The molecule has 0 unspecified atom stereocenters. The Bertz CT molecular complexity index is 496. The van der Waals surface area contributed by atoms with Crippen molar-refractivity contribution in [1.82, 2.24) is 4.57 Å². The fourth-order valence-electron chi connectivity index (χ4n) is 2.08. The zero-order valence-corrected chi connectivity index (χ0v) is 9.16. The van der Waals surface area contributed by atoms with Gasteiger partial charge >= 0.3 is 0 Å². The maximum atomic E-state index is 10.6. The summed E-state index contributed by atoms with van der Waals surface area (Å²) in [5.74, 6) is 0. The second-order valence-electron chi connectivity index (χ2n) is 3.81. The minimum atomic E-state index is 0.502. The molecule has 2 nitrogen and oxygen atoms in total. The van der Waals surface area contributed by atoms with Crippen molar-refractivity contribution in [3.8, 4) is 0 Å². The van der Waals surface area contributed by atoms with Crippen molar-refractivity contribution in [2.45, 2.75) is 26.8 Å². The topological polar surface area (TPSA) is 22.0 Å². The van der Waals surface area contributed by atoms with E-state index in [0.29, 0.717) is 6.42 Å². The van der Waals surface area contributed by atoms with Crippen molar-refractivity contribution in [2.75, 3.05) is 0 Å². The van der Waals surface area contributed by atoms with Gasteiger partial charge in [0, 0.05) is 29.6 Å². The van der Waals surface area contributed by atoms with Crippen molar-refractivity contribution in [3.05, 3.63) is 35.5 Å². The lowest BCUT2D eigenvalue weighted by atomic mass is 10.2. The molecule has 0 spiro atoms. The fourth-order valence-corrected chi connectivity index (χ4v) is 2.08. The van der Waals surface area contributed by atoms with E-state index in [-0.39, 0.29) is 0 Å². The summed E-state index contributed by atoms with van der Waals surface area (Å²) in [5.41, 5.74) is 3.58. The van der Waals surface area contributed by atoms with Crippen LogP contribution >= 0.6 is 0 Å². The van der Waals surface area contributed by atoms with E-state index in [2.05, 4.69) is 42.7 Å². The van der Waals surface area contributed by atoms with Gasteiger partial charge in [-0.2, -0.15) is 0 Å². The lowest BCUT2D eigenvalue weighted by Crippen LogP contribution is -2.00. The Labute approximate surface area is 89.5 Å². The highest BCUT2D eigenvalue weighted by atomic mass is 16.1. The van der Waals surface area contributed by atoms with Crippen LogP contribution in [0.15, 0.2) is 24.3 Å². The van der Waals surface area contributed by atoms with E-state index in [4.69, 9.17) is 0 Å². The fraction of sp³-hybridized carbons (Fsp3) is 0.308. The molecule has 0 aliphatic rings. The summed E-state index contributed by atoms with van der Waals surface area (Å²) < 4.78 is 2.20. The first-order chi connectivity index (χ1) is 7.26. The Morgan fingerprint density at radius 1 is 1.33 bits per heavy atom. The van der Waals surface area contributed by atoms with Crippen molar-refractivity contribution in [2.24, 2.45) is 0 Å². The zero-order valence-electron chi connectivity index (χ0n) is 9.16. The molecule has 0 atom stereocenters. The number of fused-ring (bicyclic) bond motifs is 1. The molecule has 0 fully saturated rings. The molecule has 1 aromatic carbocycles. The van der Waals surface area contributed by atoms with Gasteiger partial charge in [0.05, 0.1) is 0 Å². The van der Waals surface area contributed by atoms with Crippen LogP contribution in [0, 0.1) is 6.92 Å². The number of carbonyl (C=O) groups excluding carboxylic acids is 1. The van der Waals surface area contributed by atoms with Crippen LogP contribution < -0.4 is 0 Å². The summed E-state index contributed by atoms with van der Waals surface area (Å²) >= 11 is 0. The van der Waals surface area contributed by atoms with Gasteiger partial charge < -0.3 is 9.36 Å². The predicted octanol–water partition coefficient (Wildman–Crippen LogP) is 2.71. The molecular formula is C13H15NO. The van der Waals surface area contributed by atoms with E-state index < -0.39 is 0 Å². The molecule has 2 rings (SSSR count). The SMILES string of the molecule is CCn1c(CC=O)cc2cc(C)ccc21. The number of nitrogens with zero attached hydrogens (tertiary/aromatic N) is 1. The number of aryl methyl sites for hydroxylation is 2. The normalized spacial score (nSPS) is 10.8. The smallest absolute Gasteiger partial charge is 0.125 e. The second kappa shape index (κ2) is 3.89. The highest BCUT2D eigenvalue weighted by Gasteiger charge is 2.06. The number of benzene rings is 1. The van der Waals surface area contributed by atoms with Crippen molar-refractivity contribution >= 4 is 17.2 Å². The number of carbonyl (C=O) groups is 1. The lowest BCUT2D eigenvalue weighted by Gasteiger charge is -2.04. The van der Waals surface area contributed by atoms with Crippen LogP contribution in [0.2, 0.25) is 0 Å². The Morgan fingerprint density at radius 2 is 2.13 bits per heavy atom. The Morgan fingerprint density at radius 3 is 2.80 bits per heavy atom. The van der Waals surface area contributed by atoms with E-state index in [9.17, 15) is 4.79 Å². The third-order valence-electron chi connectivity index (χ3n) is 2.75. The summed E-state index contributed by atoms with van der Waals surface area (Å²) in [5, 5.41) is 1.23. The van der Waals surface area contributed by atoms with Gasteiger partial charge in [0.2, 0.25) is 0 Å². The third-order valence-corrected chi connectivity index (χ3v) is 2.75. The van der Waals surface area contributed by atoms with Gasteiger partial charge in [-0.15, -0.1) is 0 Å². The highest BCUT2D eigenvalue weighted by molar-refractivity contribution is 5.82. The van der Waals surface area contributed by atoms with Crippen molar-refractivity contribution < 1.29 is 4.79 Å². The summed E-state index contributed by atoms with van der Waals surface area (Å²) in [7, 11) is 0. The van der Waals surface area contributed by atoms with Gasteiger partial charge in [0.15, 0.2) is 0 Å². The van der Waals surface area contributed by atoms with E-state index in [0.717, 1.165) is 18.5 Å². The largest absolute Gasteiger partial charge is 0.344 e. The first-order valence-electron chi connectivity index (χ1n) is 5.28. The average Bonchev–Trinajstić information content (AvgIpc) is 2.54. The number of rotatable bonds is 3. The van der Waals surface area contributed by atoms with Crippen LogP contribution in [0.3, 0.4) is 0 Å². The van der Waals surface area contributed by atoms with Crippen LogP contribution in [0.5, 0.6) is 0 Å². The van der Waals surface area contributed by atoms with Gasteiger partial charge in [-0.1, -0.05) is 11.6 Å². The molecule has 0 aliphatic carbocycles. The summed E-state index contributed by atoms with van der Waals surface area (Å²) in [6.45, 7) is 5.10. The molecule has 0 bridgehead atoms. The molecule has 2 heteroatoms. The Balaban J connectivity index is 2.66. The first-order valence-corrected chi connectivity index (χ1v) is 5.28. The van der Waals surface area contributed by atoms with Crippen LogP contribution in [0.1, 0.15) is 18.2 Å². The van der Waals surface area contributed by atoms with Gasteiger partial charge in [-0.05, 0) is 32.0 Å². The van der Waals surface area contributed by atoms with E-state index in [1.807, 2.05) is 0 Å². The number of aromatic nitrogens is 1. The quantitative estimate of drug-likeness (QED) is 0.700. The van der Waals surface area contributed by atoms with Crippen LogP contribution in [0.25, 0.3) is 10.9 Å². The second-order valence-corrected chi connectivity index (χ2v) is 3.81. The molecule has 0 saturated carbocycles. The average molecular weight is 201 g/mol. The minimum Gasteiger partial charge on any atom is -0.344 e. The Kier molecular flexibility index (Phi) is 2.58. The first kappa shape index (κ1) is 9.97. The molecule has 1 aromatic heterocycles. The van der Waals surface area contributed by atoms with Crippen molar-refractivity contribution in [3.63, 3.8) is 0 Å². The minimum absolute atomic E-state index is 0.502. The third kappa shape index (κ3) is 1.67. The Hall–Kier alpha value is -1.57.